The summed E-state index contributed by atoms with van der Waals surface area (Å²) in [6.45, 7) is 0.577. The molecule has 0 amide bonds. The van der Waals surface area contributed by atoms with Crippen molar-refractivity contribution < 1.29 is 22.4 Å². The largest absolute Gasteiger partial charge is 0.497 e. The number of nitrogens with zero attached hydrogens (tertiary/aromatic N) is 2. The molecule has 1 aliphatic rings. The lowest BCUT2D eigenvalue weighted by atomic mass is 9.93. The van der Waals surface area contributed by atoms with Crippen molar-refractivity contribution in [2.45, 2.75) is 17.7 Å². The molecule has 128 valence electrons. The Morgan fingerprint density at radius 3 is 2.71 bits per heavy atom. The van der Waals surface area contributed by atoms with Gasteiger partial charge < -0.3 is 9.15 Å². The van der Waals surface area contributed by atoms with Gasteiger partial charge in [0.15, 0.2) is 0 Å². The normalized spacial score (nSPS) is 16.9. The minimum absolute atomic E-state index is 0.0871. The molecule has 1 aliphatic heterocycles. The monoisotopic (exact) mass is 350 g/mol. The van der Waals surface area contributed by atoms with Crippen LogP contribution in [0.2, 0.25) is 0 Å². The van der Waals surface area contributed by atoms with E-state index in [4.69, 9.17) is 9.15 Å². The van der Waals surface area contributed by atoms with E-state index in [0.717, 1.165) is 0 Å². The fourth-order valence-electron chi connectivity index (χ4n) is 2.79. The Hall–Kier alpha value is -2.19. The Morgan fingerprint density at radius 2 is 2.08 bits per heavy atom. The zero-order valence-corrected chi connectivity index (χ0v) is 14.0. The Bertz CT molecular complexity index is 809. The van der Waals surface area contributed by atoms with E-state index in [9.17, 15) is 13.2 Å². The Labute approximate surface area is 140 Å². The zero-order valence-electron chi connectivity index (χ0n) is 13.2. The third kappa shape index (κ3) is 3.20. The van der Waals surface area contributed by atoms with Gasteiger partial charge in [0.2, 0.25) is 15.8 Å². The summed E-state index contributed by atoms with van der Waals surface area (Å²) >= 11 is 0. The number of ketones is 1. The van der Waals surface area contributed by atoms with E-state index in [1.165, 1.54) is 29.9 Å². The number of rotatable bonds is 5. The number of Topliss-reactive ketones (excluding diaryl/α,β-unsaturated/α-hetero) is 1. The molecule has 1 fully saturated rings. The lowest BCUT2D eigenvalue weighted by molar-refractivity contribution is 0.0839. The van der Waals surface area contributed by atoms with E-state index in [1.807, 2.05) is 0 Å². The first-order valence-electron chi connectivity index (χ1n) is 7.60. The molecular weight excluding hydrogens is 332 g/mol. The van der Waals surface area contributed by atoms with Crippen LogP contribution in [0.15, 0.2) is 46.0 Å². The topological polar surface area (TPSA) is 89.7 Å². The summed E-state index contributed by atoms with van der Waals surface area (Å²) in [7, 11) is -2.10. The number of aromatic nitrogens is 1. The second kappa shape index (κ2) is 6.74. The summed E-state index contributed by atoms with van der Waals surface area (Å²) in [5.41, 5.74) is 0. The van der Waals surface area contributed by atoms with Crippen LogP contribution in [0.4, 0.5) is 0 Å². The molecule has 0 spiro atoms. The van der Waals surface area contributed by atoms with Crippen molar-refractivity contribution in [1.29, 1.82) is 0 Å². The minimum atomic E-state index is -3.59. The van der Waals surface area contributed by atoms with E-state index in [1.54, 1.807) is 18.2 Å². The van der Waals surface area contributed by atoms with Crippen LogP contribution in [0.3, 0.4) is 0 Å². The second-order valence-corrected chi connectivity index (χ2v) is 7.50. The van der Waals surface area contributed by atoms with E-state index in [0.29, 0.717) is 18.6 Å². The standard InChI is InChI=1S/C16H18N2O5S/c1-22-13-3-2-4-14(11-13)24(20,21)18-8-5-12(6-9-18)15(19)16-17-7-10-23-16/h2-4,7,10-12H,5-6,8-9H2,1H3. The molecule has 2 aromatic rings. The summed E-state index contributed by atoms with van der Waals surface area (Å²) in [4.78, 5) is 16.3. The van der Waals surface area contributed by atoms with Crippen LogP contribution in [0.25, 0.3) is 0 Å². The molecule has 1 aromatic heterocycles. The lowest BCUT2D eigenvalue weighted by Gasteiger charge is -2.30. The lowest BCUT2D eigenvalue weighted by Crippen LogP contribution is -2.40. The number of ether oxygens (including phenoxy) is 1. The highest BCUT2D eigenvalue weighted by Gasteiger charge is 2.33. The van der Waals surface area contributed by atoms with Gasteiger partial charge in [0.25, 0.3) is 5.89 Å². The predicted molar refractivity (Wildman–Crippen MR) is 85.3 cm³/mol. The Morgan fingerprint density at radius 1 is 1.33 bits per heavy atom. The van der Waals surface area contributed by atoms with Crippen LogP contribution in [-0.4, -0.2) is 43.7 Å². The molecule has 24 heavy (non-hydrogen) atoms. The van der Waals surface area contributed by atoms with Crippen LogP contribution >= 0.6 is 0 Å². The van der Waals surface area contributed by atoms with Gasteiger partial charge in [-0.3, -0.25) is 4.79 Å². The van der Waals surface area contributed by atoms with Crippen molar-refractivity contribution in [1.82, 2.24) is 9.29 Å². The Kier molecular flexibility index (Phi) is 4.68. The predicted octanol–water partition coefficient (Wildman–Crippen LogP) is 1.97. The maximum Gasteiger partial charge on any atom is 0.263 e. The summed E-state index contributed by atoms with van der Waals surface area (Å²) in [6, 6.07) is 6.38. The van der Waals surface area contributed by atoms with Crippen molar-refractivity contribution >= 4 is 15.8 Å². The van der Waals surface area contributed by atoms with Crippen molar-refractivity contribution in [3.63, 3.8) is 0 Å². The van der Waals surface area contributed by atoms with Crippen LogP contribution in [0, 0.1) is 5.92 Å². The first-order chi connectivity index (χ1) is 11.5. The number of hydrogen-bond acceptors (Lipinski definition) is 6. The van der Waals surface area contributed by atoms with Gasteiger partial charge >= 0.3 is 0 Å². The first kappa shape index (κ1) is 16.7. The minimum Gasteiger partial charge on any atom is -0.497 e. The molecule has 0 N–H and O–H groups in total. The van der Waals surface area contributed by atoms with Crippen LogP contribution in [0.5, 0.6) is 5.75 Å². The summed E-state index contributed by atoms with van der Waals surface area (Å²) < 4.78 is 36.9. The average molecular weight is 350 g/mol. The number of oxazole rings is 1. The number of sulfonamides is 1. The highest BCUT2D eigenvalue weighted by Crippen LogP contribution is 2.27. The molecule has 0 atom stereocenters. The third-order valence-electron chi connectivity index (χ3n) is 4.15. The molecule has 0 unspecified atom stereocenters. The molecule has 1 aromatic carbocycles. The number of benzene rings is 1. The second-order valence-electron chi connectivity index (χ2n) is 5.56. The molecule has 8 heteroatoms. The van der Waals surface area contributed by atoms with Crippen molar-refractivity contribution in [2.75, 3.05) is 20.2 Å². The summed E-state index contributed by atoms with van der Waals surface area (Å²) in [5.74, 6) is 0.146. The molecule has 7 nitrogen and oxygen atoms in total. The highest BCUT2D eigenvalue weighted by molar-refractivity contribution is 7.89. The zero-order chi connectivity index (χ0) is 17.2. The molecular formula is C16H18N2O5S. The maximum atomic E-state index is 12.7. The SMILES string of the molecule is COc1cccc(S(=O)(=O)N2CCC(C(=O)c3ncco3)CC2)c1. The molecule has 0 saturated carbocycles. The van der Waals surface area contributed by atoms with E-state index < -0.39 is 10.0 Å². The Balaban J connectivity index is 1.70. The van der Waals surface area contributed by atoms with E-state index in [-0.39, 0.29) is 35.6 Å². The van der Waals surface area contributed by atoms with Gasteiger partial charge in [0.1, 0.15) is 12.0 Å². The van der Waals surface area contributed by atoms with Crippen molar-refractivity contribution in [3.8, 4) is 5.75 Å². The van der Waals surface area contributed by atoms with Crippen LogP contribution < -0.4 is 4.74 Å². The molecule has 1 saturated heterocycles. The maximum absolute atomic E-state index is 12.7. The molecule has 0 aliphatic carbocycles. The van der Waals surface area contributed by atoms with E-state index in [2.05, 4.69) is 4.98 Å². The fraction of sp³-hybridized carbons (Fsp3) is 0.375. The van der Waals surface area contributed by atoms with Gasteiger partial charge in [0.05, 0.1) is 18.2 Å². The molecule has 0 bridgehead atoms. The summed E-state index contributed by atoms with van der Waals surface area (Å²) in [6.07, 6.45) is 3.68. The van der Waals surface area contributed by atoms with Gasteiger partial charge in [-0.15, -0.1) is 0 Å². The van der Waals surface area contributed by atoms with Gasteiger partial charge in [0, 0.05) is 25.1 Å². The average Bonchev–Trinajstić information content (AvgIpc) is 3.16. The smallest absolute Gasteiger partial charge is 0.263 e. The number of methoxy groups -OCH3 is 1. The highest BCUT2D eigenvalue weighted by atomic mass is 32.2. The van der Waals surface area contributed by atoms with Crippen molar-refractivity contribution in [3.05, 3.63) is 42.6 Å². The van der Waals surface area contributed by atoms with Crippen LogP contribution in [0.1, 0.15) is 23.5 Å². The number of hydrogen-bond donors (Lipinski definition) is 0. The third-order valence-corrected chi connectivity index (χ3v) is 6.04. The summed E-state index contributed by atoms with van der Waals surface area (Å²) in [5, 5.41) is 0. The number of carbonyl (C=O) groups is 1. The molecule has 0 radical (unpaired) electrons. The van der Waals surface area contributed by atoms with Gasteiger partial charge in [-0.2, -0.15) is 4.31 Å². The van der Waals surface area contributed by atoms with Gasteiger partial charge in [-0.05, 0) is 25.0 Å². The fourth-order valence-corrected chi connectivity index (χ4v) is 4.29. The van der Waals surface area contributed by atoms with Crippen molar-refractivity contribution in [2.24, 2.45) is 5.92 Å². The quantitative estimate of drug-likeness (QED) is 0.766. The number of carbonyl (C=O) groups excluding carboxylic acids is 1. The molecule has 2 heterocycles. The van der Waals surface area contributed by atoms with Crippen LogP contribution in [-0.2, 0) is 10.0 Å². The van der Waals surface area contributed by atoms with Gasteiger partial charge in [-0.25, -0.2) is 13.4 Å². The first-order valence-corrected chi connectivity index (χ1v) is 9.04. The molecule has 3 rings (SSSR count). The van der Waals surface area contributed by atoms with Gasteiger partial charge in [-0.1, -0.05) is 6.07 Å². The number of piperidine rings is 1. The van der Waals surface area contributed by atoms with E-state index >= 15 is 0 Å².